The number of nitrogens with zero attached hydrogens (tertiary/aromatic N) is 3. The molecule has 0 aliphatic rings. The summed E-state index contributed by atoms with van der Waals surface area (Å²) >= 11 is 0. The topological polar surface area (TPSA) is 26.8 Å². The fourth-order valence-electron chi connectivity index (χ4n) is 4.38. The first kappa shape index (κ1) is 37.3. The quantitative estimate of drug-likeness (QED) is 0.110. The van der Waals surface area contributed by atoms with Crippen LogP contribution in [0.1, 0.15) is 11.1 Å². The van der Waals surface area contributed by atoms with E-state index in [1.807, 2.05) is 130 Å². The first-order valence-corrected chi connectivity index (χ1v) is 15.5. The molecule has 0 heterocycles. The number of alkyl halides is 6. The first-order valence-electron chi connectivity index (χ1n) is 13.9. The molecule has 0 aliphatic heterocycles. The summed E-state index contributed by atoms with van der Waals surface area (Å²) in [6.07, 6.45) is -10.6. The van der Waals surface area contributed by atoms with Gasteiger partial charge in [-0.25, -0.2) is 0 Å². The highest BCUT2D eigenvalue weighted by atomic mass is 32.2. The zero-order valence-corrected chi connectivity index (χ0v) is 27.1. The predicted molar refractivity (Wildman–Crippen MR) is 170 cm³/mol. The van der Waals surface area contributed by atoms with Crippen LogP contribution in [-0.2, 0) is 26.5 Å². The van der Waals surface area contributed by atoms with Crippen LogP contribution in [0.3, 0.4) is 0 Å². The van der Waals surface area contributed by atoms with Gasteiger partial charge in [0.15, 0.2) is 24.6 Å². The minimum atomic E-state index is -5.95. The second-order valence-electron chi connectivity index (χ2n) is 11.1. The minimum Gasteiger partial charge on any atom is -0.445 e. The molecule has 0 spiro atoms. The molecule has 4 aromatic carbocycles. The van der Waals surface area contributed by atoms with Crippen molar-refractivity contribution in [3.8, 4) is 0 Å². The van der Waals surface area contributed by atoms with Gasteiger partial charge in [0.1, 0.15) is 0 Å². The SMILES string of the molecule is CN(C)c1ccc([S+](=O)(c2ccc(N(C)C)cc2)c2ccc(N(C)C)cc2)cc1.F[B-](F)(F)c1cc(C(F)(F)F)cc(C(F)(F)F)c1. The van der Waals surface area contributed by atoms with E-state index in [1.54, 1.807) is 0 Å². The standard InChI is InChI=1S/C24H30N3OS.C8H3BF9/c1-25(2)19-7-13-22(14-8-19)29(28,23-15-9-20(10-16-23)26(3)4)24-17-11-21(12-18-24)27(5)6;10-7(11,12)4-1-5(8(13,14)15)3-6(2-4)9(16,17)18/h7-18H,1-6H3;1-3H/q+1;-1. The molecular weight excluding hydrogens is 656 g/mol. The number of halogens is 9. The molecule has 0 bridgehead atoms. The molecule has 15 heteroatoms. The van der Waals surface area contributed by atoms with E-state index in [2.05, 4.69) is 0 Å². The van der Waals surface area contributed by atoms with Gasteiger partial charge in [-0.1, -0.05) is 16.3 Å². The molecule has 0 aromatic heterocycles. The zero-order chi connectivity index (χ0) is 35.5. The molecule has 4 nitrogen and oxygen atoms in total. The normalized spacial score (nSPS) is 12.2. The van der Waals surface area contributed by atoms with Crippen molar-refractivity contribution < 1.29 is 43.5 Å². The van der Waals surface area contributed by atoms with Crippen molar-refractivity contribution in [1.29, 1.82) is 0 Å². The lowest BCUT2D eigenvalue weighted by molar-refractivity contribution is -0.142. The average Bonchev–Trinajstić information content (AvgIpc) is 2.99. The van der Waals surface area contributed by atoms with Gasteiger partial charge in [-0.05, 0) is 78.9 Å². The Morgan fingerprint density at radius 1 is 0.489 bits per heavy atom. The van der Waals surface area contributed by atoms with Crippen molar-refractivity contribution in [3.63, 3.8) is 0 Å². The van der Waals surface area contributed by atoms with Crippen LogP contribution >= 0.6 is 0 Å². The van der Waals surface area contributed by atoms with Gasteiger partial charge in [-0.3, -0.25) is 0 Å². The highest BCUT2D eigenvalue weighted by Crippen LogP contribution is 2.39. The number of benzene rings is 4. The van der Waals surface area contributed by atoms with E-state index >= 15 is 0 Å². The molecule has 47 heavy (non-hydrogen) atoms. The fraction of sp³-hybridized carbons (Fsp3) is 0.250. The number of anilines is 3. The van der Waals surface area contributed by atoms with Crippen LogP contribution in [-0.4, -0.2) is 49.3 Å². The van der Waals surface area contributed by atoms with Gasteiger partial charge >= 0.3 is 19.3 Å². The largest absolute Gasteiger partial charge is 0.509 e. The van der Waals surface area contributed by atoms with Gasteiger partial charge in [0.05, 0.1) is 11.1 Å². The van der Waals surface area contributed by atoms with E-state index in [4.69, 9.17) is 0 Å². The van der Waals surface area contributed by atoms with Crippen LogP contribution in [0.5, 0.6) is 0 Å². The minimum absolute atomic E-state index is 0.338. The number of hydrogen-bond acceptors (Lipinski definition) is 4. The number of hydrogen-bond donors (Lipinski definition) is 0. The molecule has 0 atom stereocenters. The molecule has 0 N–H and O–H groups in total. The summed E-state index contributed by atoms with van der Waals surface area (Å²) in [5, 5.41) is 0. The molecule has 0 unspecified atom stereocenters. The molecule has 0 amide bonds. The summed E-state index contributed by atoms with van der Waals surface area (Å²) in [6, 6.07) is 23.0. The number of rotatable bonds is 7. The molecule has 4 aromatic rings. The van der Waals surface area contributed by atoms with Gasteiger partial charge in [-0.2, -0.15) is 26.3 Å². The average molecular weight is 689 g/mol. The Labute approximate surface area is 268 Å². The van der Waals surface area contributed by atoms with Gasteiger partial charge in [0.25, 0.3) is 0 Å². The highest BCUT2D eigenvalue weighted by molar-refractivity contribution is 8.03. The van der Waals surface area contributed by atoms with Crippen LogP contribution in [0.2, 0.25) is 0 Å². The highest BCUT2D eigenvalue weighted by Gasteiger charge is 2.40. The van der Waals surface area contributed by atoms with E-state index in [0.29, 0.717) is 0 Å². The van der Waals surface area contributed by atoms with E-state index < -0.39 is 45.9 Å². The second-order valence-corrected chi connectivity index (χ2v) is 13.7. The van der Waals surface area contributed by atoms with Gasteiger partial charge in [0.2, 0.25) is 0 Å². The lowest BCUT2D eigenvalue weighted by atomic mass is 9.78. The maximum absolute atomic E-state index is 14.6. The monoisotopic (exact) mass is 689 g/mol. The van der Waals surface area contributed by atoms with Crippen molar-refractivity contribution >= 4 is 39.4 Å². The Morgan fingerprint density at radius 2 is 0.745 bits per heavy atom. The third kappa shape index (κ3) is 9.02. The Hall–Kier alpha value is -4.14. The lowest BCUT2D eigenvalue weighted by Crippen LogP contribution is -2.36. The Morgan fingerprint density at radius 3 is 0.936 bits per heavy atom. The Kier molecular flexibility index (Phi) is 11.1. The fourth-order valence-corrected chi connectivity index (χ4v) is 6.76. The van der Waals surface area contributed by atoms with Crippen LogP contribution in [0.25, 0.3) is 0 Å². The van der Waals surface area contributed by atoms with Crippen molar-refractivity contribution in [2.24, 2.45) is 0 Å². The maximum Gasteiger partial charge on any atom is 0.509 e. The van der Waals surface area contributed by atoms with Gasteiger partial charge < -0.3 is 27.6 Å². The summed E-state index contributed by atoms with van der Waals surface area (Å²) in [5.41, 5.74) is -2.64. The Balaban J connectivity index is 0.000000287. The van der Waals surface area contributed by atoms with Crippen molar-refractivity contribution in [1.82, 2.24) is 0 Å². The van der Waals surface area contributed by atoms with Crippen LogP contribution in [0.15, 0.2) is 106 Å². The smallest absolute Gasteiger partial charge is 0.445 e. The maximum atomic E-state index is 14.6. The van der Waals surface area contributed by atoms with E-state index in [0.717, 1.165) is 31.7 Å². The van der Waals surface area contributed by atoms with Crippen molar-refractivity contribution in [2.75, 3.05) is 57.0 Å². The summed E-state index contributed by atoms with van der Waals surface area (Å²) in [5.74, 6) is 0. The second kappa shape index (κ2) is 13.9. The molecule has 0 fully saturated rings. The van der Waals surface area contributed by atoms with Crippen LogP contribution in [0.4, 0.5) is 56.4 Å². The molecule has 0 radical (unpaired) electrons. The molecule has 254 valence electrons. The zero-order valence-electron chi connectivity index (χ0n) is 26.3. The molecule has 4 rings (SSSR count). The third-order valence-electron chi connectivity index (χ3n) is 7.04. The van der Waals surface area contributed by atoms with E-state index in [-0.39, 0.29) is 18.2 Å². The lowest BCUT2D eigenvalue weighted by Gasteiger charge is -2.19. The summed E-state index contributed by atoms with van der Waals surface area (Å²) < 4.78 is 125. The molecule has 0 aliphatic carbocycles. The van der Waals surface area contributed by atoms with Crippen LogP contribution in [0, 0.1) is 0 Å². The Bertz CT molecular complexity index is 1470. The van der Waals surface area contributed by atoms with E-state index in [1.165, 1.54) is 0 Å². The van der Waals surface area contributed by atoms with Gasteiger partial charge in [0, 0.05) is 59.3 Å². The van der Waals surface area contributed by atoms with Crippen molar-refractivity contribution in [3.05, 3.63) is 102 Å². The predicted octanol–water partition coefficient (Wildman–Crippen LogP) is 8.64. The first-order chi connectivity index (χ1) is 21.5. The third-order valence-corrected chi connectivity index (χ3v) is 9.85. The van der Waals surface area contributed by atoms with Crippen molar-refractivity contribution in [2.45, 2.75) is 27.0 Å². The molecule has 0 saturated carbocycles. The molecule has 0 saturated heterocycles. The summed E-state index contributed by atoms with van der Waals surface area (Å²) in [6.45, 7) is -5.95. The summed E-state index contributed by atoms with van der Waals surface area (Å²) in [4.78, 5) is 8.59. The van der Waals surface area contributed by atoms with E-state index in [9.17, 15) is 43.5 Å². The van der Waals surface area contributed by atoms with Gasteiger partial charge in [-0.15, -0.1) is 5.46 Å². The summed E-state index contributed by atoms with van der Waals surface area (Å²) in [7, 11) is 9.43. The van der Waals surface area contributed by atoms with Crippen LogP contribution < -0.4 is 20.2 Å². The molecular formula is C32H33BF9N3OS.